The second kappa shape index (κ2) is 6.57. The molecule has 0 spiro atoms. The maximum Gasteiger partial charge on any atom is 0.163 e. The Morgan fingerprint density at radius 3 is 2.61 bits per heavy atom. The Morgan fingerprint density at radius 2 is 1.83 bits per heavy atom. The molecular weight excluding hydrogens is 308 g/mol. The highest BCUT2D eigenvalue weighted by Gasteiger charge is 2.15. The van der Waals surface area contributed by atoms with Crippen molar-refractivity contribution >= 4 is 22.7 Å². The fourth-order valence-electron chi connectivity index (χ4n) is 3.22. The number of aromatic nitrogens is 1. The molecule has 0 radical (unpaired) electrons. The number of pyridine rings is 1. The standard InChI is InChI=1S/C18H22N2O2S/c1-13-10-14-11-16-17(22-8-7-21-16)12-15(14)19-18(13)23-9-6-20-4-2-3-5-20/h10-12H,2-9H2,1H3. The number of hydrogen-bond donors (Lipinski definition) is 0. The Kier molecular flexibility index (Phi) is 4.31. The van der Waals surface area contributed by atoms with E-state index in [4.69, 9.17) is 14.5 Å². The van der Waals surface area contributed by atoms with Crippen LogP contribution in [0.3, 0.4) is 0 Å². The Morgan fingerprint density at radius 1 is 1.09 bits per heavy atom. The lowest BCUT2D eigenvalue weighted by atomic mass is 10.1. The molecule has 1 aromatic carbocycles. The third-order valence-corrected chi connectivity index (χ3v) is 5.54. The smallest absolute Gasteiger partial charge is 0.163 e. The van der Waals surface area contributed by atoms with Gasteiger partial charge in [0.2, 0.25) is 0 Å². The molecule has 0 atom stereocenters. The first-order valence-electron chi connectivity index (χ1n) is 8.36. The van der Waals surface area contributed by atoms with Crippen LogP contribution in [-0.2, 0) is 0 Å². The fraction of sp³-hybridized carbons (Fsp3) is 0.500. The molecule has 0 saturated carbocycles. The summed E-state index contributed by atoms with van der Waals surface area (Å²) in [5, 5.41) is 2.25. The van der Waals surface area contributed by atoms with Gasteiger partial charge in [0.05, 0.1) is 10.5 Å². The summed E-state index contributed by atoms with van der Waals surface area (Å²) in [6.07, 6.45) is 2.70. The Hall–Kier alpha value is -1.46. The average molecular weight is 330 g/mol. The van der Waals surface area contributed by atoms with Gasteiger partial charge in [-0.25, -0.2) is 4.98 Å². The van der Waals surface area contributed by atoms with Gasteiger partial charge in [-0.05, 0) is 50.6 Å². The highest BCUT2D eigenvalue weighted by Crippen LogP contribution is 2.35. The summed E-state index contributed by atoms with van der Waals surface area (Å²) in [6.45, 7) is 7.05. The lowest BCUT2D eigenvalue weighted by Gasteiger charge is -2.19. The third-order valence-electron chi connectivity index (χ3n) is 4.47. The normalized spacial score (nSPS) is 17.8. The van der Waals surface area contributed by atoms with E-state index in [1.807, 2.05) is 23.9 Å². The molecule has 5 heteroatoms. The van der Waals surface area contributed by atoms with Crippen LogP contribution >= 0.6 is 11.8 Å². The van der Waals surface area contributed by atoms with Crippen molar-refractivity contribution in [3.63, 3.8) is 0 Å². The predicted octanol–water partition coefficient (Wildman–Crippen LogP) is 3.50. The van der Waals surface area contributed by atoms with Crippen molar-refractivity contribution in [1.82, 2.24) is 9.88 Å². The molecule has 2 aromatic rings. The molecule has 2 aliphatic heterocycles. The molecule has 23 heavy (non-hydrogen) atoms. The minimum absolute atomic E-state index is 0.613. The van der Waals surface area contributed by atoms with Crippen molar-refractivity contribution in [2.24, 2.45) is 0 Å². The van der Waals surface area contributed by atoms with Gasteiger partial charge < -0.3 is 14.4 Å². The Labute approximate surface area is 141 Å². The van der Waals surface area contributed by atoms with Gasteiger partial charge in [-0.3, -0.25) is 0 Å². The van der Waals surface area contributed by atoms with E-state index in [2.05, 4.69) is 17.9 Å². The summed E-state index contributed by atoms with van der Waals surface area (Å²) in [4.78, 5) is 7.40. The van der Waals surface area contributed by atoms with Gasteiger partial charge in [-0.1, -0.05) is 0 Å². The van der Waals surface area contributed by atoms with Gasteiger partial charge in [-0.2, -0.15) is 0 Å². The number of aryl methyl sites for hydroxylation is 1. The van der Waals surface area contributed by atoms with Crippen molar-refractivity contribution in [2.45, 2.75) is 24.8 Å². The molecule has 3 heterocycles. The van der Waals surface area contributed by atoms with Gasteiger partial charge in [0.15, 0.2) is 11.5 Å². The minimum atomic E-state index is 0.613. The molecule has 4 nitrogen and oxygen atoms in total. The fourth-order valence-corrected chi connectivity index (χ4v) is 4.21. The molecular formula is C18H22N2O2S. The molecule has 0 unspecified atom stereocenters. The number of nitrogens with zero attached hydrogens (tertiary/aromatic N) is 2. The second-order valence-corrected chi connectivity index (χ2v) is 7.28. The SMILES string of the molecule is Cc1cc2cc3c(cc2nc1SCCN1CCCC1)OCCO3. The van der Waals surface area contributed by atoms with Crippen LogP contribution in [-0.4, -0.2) is 48.5 Å². The van der Waals surface area contributed by atoms with Crippen LogP contribution in [0, 0.1) is 6.92 Å². The van der Waals surface area contributed by atoms with Gasteiger partial charge in [-0.15, -0.1) is 11.8 Å². The monoisotopic (exact) mass is 330 g/mol. The molecule has 4 rings (SSSR count). The van der Waals surface area contributed by atoms with E-state index in [9.17, 15) is 0 Å². The number of hydrogen-bond acceptors (Lipinski definition) is 5. The quantitative estimate of drug-likeness (QED) is 0.802. The van der Waals surface area contributed by atoms with Gasteiger partial charge in [0.1, 0.15) is 13.2 Å². The predicted molar refractivity (Wildman–Crippen MR) is 93.9 cm³/mol. The lowest BCUT2D eigenvalue weighted by Crippen LogP contribution is -2.21. The zero-order chi connectivity index (χ0) is 15.6. The molecule has 1 fully saturated rings. The highest BCUT2D eigenvalue weighted by molar-refractivity contribution is 7.99. The largest absolute Gasteiger partial charge is 0.486 e. The van der Waals surface area contributed by atoms with E-state index in [-0.39, 0.29) is 0 Å². The van der Waals surface area contributed by atoms with Crippen LogP contribution < -0.4 is 9.47 Å². The van der Waals surface area contributed by atoms with Crippen molar-refractivity contribution in [3.05, 3.63) is 23.8 Å². The van der Waals surface area contributed by atoms with Crippen LogP contribution in [0.5, 0.6) is 11.5 Å². The van der Waals surface area contributed by atoms with Crippen LogP contribution in [0.1, 0.15) is 18.4 Å². The summed E-state index contributed by atoms with van der Waals surface area (Å²) in [7, 11) is 0. The van der Waals surface area contributed by atoms with E-state index in [1.54, 1.807) is 0 Å². The van der Waals surface area contributed by atoms with Crippen molar-refractivity contribution in [2.75, 3.05) is 38.6 Å². The van der Waals surface area contributed by atoms with E-state index >= 15 is 0 Å². The first kappa shape index (κ1) is 15.1. The maximum atomic E-state index is 5.67. The lowest BCUT2D eigenvalue weighted by molar-refractivity contribution is 0.172. The molecule has 0 bridgehead atoms. The van der Waals surface area contributed by atoms with Crippen LogP contribution in [0.15, 0.2) is 23.2 Å². The van der Waals surface area contributed by atoms with Gasteiger partial charge in [0, 0.05) is 23.8 Å². The van der Waals surface area contributed by atoms with Crippen LogP contribution in [0.4, 0.5) is 0 Å². The molecule has 0 amide bonds. The zero-order valence-electron chi connectivity index (χ0n) is 13.5. The van der Waals surface area contributed by atoms with Gasteiger partial charge >= 0.3 is 0 Å². The summed E-state index contributed by atoms with van der Waals surface area (Å²) in [5.41, 5.74) is 2.23. The van der Waals surface area contributed by atoms with E-state index < -0.39 is 0 Å². The zero-order valence-corrected chi connectivity index (χ0v) is 14.3. The van der Waals surface area contributed by atoms with E-state index in [1.165, 1.54) is 31.5 Å². The third kappa shape index (κ3) is 3.26. The number of benzene rings is 1. The van der Waals surface area contributed by atoms with Crippen molar-refractivity contribution in [1.29, 1.82) is 0 Å². The highest BCUT2D eigenvalue weighted by atomic mass is 32.2. The van der Waals surface area contributed by atoms with Crippen LogP contribution in [0.2, 0.25) is 0 Å². The van der Waals surface area contributed by atoms with Crippen molar-refractivity contribution in [3.8, 4) is 11.5 Å². The van der Waals surface area contributed by atoms with Crippen LogP contribution in [0.25, 0.3) is 10.9 Å². The minimum Gasteiger partial charge on any atom is -0.486 e. The molecule has 1 aromatic heterocycles. The molecule has 2 aliphatic rings. The number of rotatable bonds is 4. The second-order valence-electron chi connectivity index (χ2n) is 6.20. The molecule has 0 aliphatic carbocycles. The molecule has 122 valence electrons. The number of fused-ring (bicyclic) bond motifs is 2. The summed E-state index contributed by atoms with van der Waals surface area (Å²) < 4.78 is 11.3. The Bertz CT molecular complexity index is 714. The maximum absolute atomic E-state index is 5.67. The molecule has 1 saturated heterocycles. The number of likely N-dealkylation sites (tertiary alicyclic amines) is 1. The summed E-state index contributed by atoms with van der Waals surface area (Å²) in [6, 6.07) is 6.26. The van der Waals surface area contributed by atoms with Gasteiger partial charge in [0.25, 0.3) is 0 Å². The average Bonchev–Trinajstić information content (AvgIpc) is 3.07. The van der Waals surface area contributed by atoms with E-state index in [0.717, 1.165) is 39.7 Å². The number of thioether (sulfide) groups is 1. The molecule has 0 N–H and O–H groups in total. The Balaban J connectivity index is 1.53. The number of ether oxygens (including phenoxy) is 2. The summed E-state index contributed by atoms with van der Waals surface area (Å²) >= 11 is 1.86. The van der Waals surface area contributed by atoms with Crippen molar-refractivity contribution < 1.29 is 9.47 Å². The summed E-state index contributed by atoms with van der Waals surface area (Å²) in [5.74, 6) is 2.75. The first-order chi connectivity index (χ1) is 11.3. The topological polar surface area (TPSA) is 34.6 Å². The van der Waals surface area contributed by atoms with E-state index in [0.29, 0.717) is 13.2 Å². The first-order valence-corrected chi connectivity index (χ1v) is 9.34.